The predicted octanol–water partition coefficient (Wildman–Crippen LogP) is 3.48. The highest BCUT2D eigenvalue weighted by Crippen LogP contribution is 2.18. The van der Waals surface area contributed by atoms with Crippen molar-refractivity contribution < 1.29 is 14.1 Å². The van der Waals surface area contributed by atoms with Crippen molar-refractivity contribution >= 4 is 5.91 Å². The highest BCUT2D eigenvalue weighted by Gasteiger charge is 2.11. The number of rotatable bonds is 8. The summed E-state index contributed by atoms with van der Waals surface area (Å²) in [6.45, 7) is 8.34. The molecule has 1 saturated heterocycles. The minimum absolute atomic E-state index is 0.0362. The number of amides is 1. The molecule has 0 bridgehead atoms. The number of carbonyl (C=O) groups is 1. The normalized spacial score (nSPS) is 14.9. The Balaban J connectivity index is 1.40. The molecule has 0 spiro atoms. The Morgan fingerprint density at radius 1 is 1.19 bits per heavy atom. The lowest BCUT2D eigenvalue weighted by Crippen LogP contribution is -2.33. The van der Waals surface area contributed by atoms with Gasteiger partial charge >= 0.3 is 0 Å². The highest BCUT2D eigenvalue weighted by molar-refractivity contribution is 5.94. The molecule has 146 valence electrons. The maximum atomic E-state index is 12.3. The largest absolute Gasteiger partial charge is 0.489 e. The van der Waals surface area contributed by atoms with Crippen LogP contribution < -0.4 is 10.1 Å². The van der Waals surface area contributed by atoms with Gasteiger partial charge in [-0.1, -0.05) is 11.6 Å². The van der Waals surface area contributed by atoms with Crippen molar-refractivity contribution in [3.05, 3.63) is 46.8 Å². The van der Waals surface area contributed by atoms with E-state index in [1.54, 1.807) is 12.1 Å². The van der Waals surface area contributed by atoms with E-state index in [4.69, 9.17) is 9.26 Å². The van der Waals surface area contributed by atoms with E-state index in [9.17, 15) is 4.79 Å². The van der Waals surface area contributed by atoms with Gasteiger partial charge in [-0.15, -0.1) is 0 Å². The van der Waals surface area contributed by atoms with Crippen LogP contribution >= 0.6 is 0 Å². The van der Waals surface area contributed by atoms with Crippen molar-refractivity contribution in [1.29, 1.82) is 0 Å². The number of aromatic nitrogens is 1. The van der Waals surface area contributed by atoms with Crippen LogP contribution in [-0.2, 0) is 6.61 Å². The summed E-state index contributed by atoms with van der Waals surface area (Å²) < 4.78 is 10.9. The summed E-state index contributed by atoms with van der Waals surface area (Å²) in [4.78, 5) is 14.7. The van der Waals surface area contributed by atoms with Crippen LogP contribution in [0.3, 0.4) is 0 Å². The van der Waals surface area contributed by atoms with E-state index in [0.717, 1.165) is 35.7 Å². The first-order chi connectivity index (χ1) is 13.1. The molecule has 1 aromatic carbocycles. The van der Waals surface area contributed by atoms with Crippen molar-refractivity contribution in [1.82, 2.24) is 15.4 Å². The molecule has 2 aromatic rings. The van der Waals surface area contributed by atoms with Crippen LogP contribution in [0.4, 0.5) is 0 Å². The van der Waals surface area contributed by atoms with Gasteiger partial charge in [-0.3, -0.25) is 4.79 Å². The molecule has 0 atom stereocenters. The van der Waals surface area contributed by atoms with Crippen LogP contribution in [0.2, 0.25) is 0 Å². The zero-order valence-electron chi connectivity index (χ0n) is 16.3. The van der Waals surface area contributed by atoms with Gasteiger partial charge in [-0.05, 0) is 77.0 Å². The first kappa shape index (κ1) is 19.4. The van der Waals surface area contributed by atoms with Gasteiger partial charge < -0.3 is 19.5 Å². The van der Waals surface area contributed by atoms with Crippen molar-refractivity contribution in [2.24, 2.45) is 0 Å². The fourth-order valence-electron chi connectivity index (χ4n) is 3.36. The summed E-state index contributed by atoms with van der Waals surface area (Å²) in [6.07, 6.45) is 4.95. The monoisotopic (exact) mass is 371 g/mol. The van der Waals surface area contributed by atoms with Gasteiger partial charge in [-0.2, -0.15) is 0 Å². The Morgan fingerprint density at radius 3 is 2.59 bits per heavy atom. The van der Waals surface area contributed by atoms with Crippen LogP contribution in [0.5, 0.6) is 5.75 Å². The Hall–Kier alpha value is -2.34. The van der Waals surface area contributed by atoms with Crippen LogP contribution in [0.1, 0.15) is 53.1 Å². The SMILES string of the molecule is Cc1noc(C)c1COc1ccc(C(=O)NCCCN2CCCCC2)cc1. The third-order valence-corrected chi connectivity index (χ3v) is 5.07. The van der Waals surface area contributed by atoms with Crippen molar-refractivity contribution in [3.8, 4) is 5.75 Å². The predicted molar refractivity (Wildman–Crippen MR) is 104 cm³/mol. The molecule has 0 unspecified atom stereocenters. The molecule has 2 heterocycles. The second-order valence-corrected chi connectivity index (χ2v) is 7.13. The van der Waals surface area contributed by atoms with Gasteiger partial charge in [0.1, 0.15) is 18.1 Å². The van der Waals surface area contributed by atoms with Crippen molar-refractivity contribution in [3.63, 3.8) is 0 Å². The number of hydrogen-bond acceptors (Lipinski definition) is 5. The van der Waals surface area contributed by atoms with Gasteiger partial charge in [-0.25, -0.2) is 0 Å². The van der Waals surface area contributed by atoms with Crippen LogP contribution in [0.25, 0.3) is 0 Å². The summed E-state index contributed by atoms with van der Waals surface area (Å²) >= 11 is 0. The molecule has 27 heavy (non-hydrogen) atoms. The third kappa shape index (κ3) is 5.57. The van der Waals surface area contributed by atoms with Crippen LogP contribution in [0.15, 0.2) is 28.8 Å². The molecule has 0 aliphatic carbocycles. The molecule has 1 fully saturated rings. The first-order valence-corrected chi connectivity index (χ1v) is 9.78. The number of nitrogens with zero attached hydrogens (tertiary/aromatic N) is 2. The second-order valence-electron chi connectivity index (χ2n) is 7.13. The van der Waals surface area contributed by atoms with Crippen LogP contribution in [0, 0.1) is 13.8 Å². The molecular formula is C21H29N3O3. The number of ether oxygens (including phenoxy) is 1. The minimum atomic E-state index is -0.0362. The molecule has 1 N–H and O–H groups in total. The van der Waals surface area contributed by atoms with Gasteiger partial charge in [0.15, 0.2) is 0 Å². The topological polar surface area (TPSA) is 67.6 Å². The molecule has 0 radical (unpaired) electrons. The van der Waals surface area contributed by atoms with Crippen LogP contribution in [-0.4, -0.2) is 42.1 Å². The summed E-state index contributed by atoms with van der Waals surface area (Å²) in [5.74, 6) is 1.45. The van der Waals surface area contributed by atoms with E-state index < -0.39 is 0 Å². The average Bonchev–Trinajstić information content (AvgIpc) is 3.02. The zero-order chi connectivity index (χ0) is 19.1. The molecule has 1 amide bonds. The van der Waals surface area contributed by atoms with Gasteiger partial charge in [0.05, 0.1) is 11.3 Å². The minimum Gasteiger partial charge on any atom is -0.489 e. The van der Waals surface area contributed by atoms with Gasteiger partial charge in [0, 0.05) is 12.1 Å². The van der Waals surface area contributed by atoms with E-state index in [2.05, 4.69) is 15.4 Å². The number of benzene rings is 1. The molecule has 6 nitrogen and oxygen atoms in total. The summed E-state index contributed by atoms with van der Waals surface area (Å²) in [7, 11) is 0. The average molecular weight is 371 g/mol. The zero-order valence-corrected chi connectivity index (χ0v) is 16.3. The molecule has 1 aliphatic rings. The first-order valence-electron chi connectivity index (χ1n) is 9.78. The maximum absolute atomic E-state index is 12.3. The van der Waals surface area contributed by atoms with Crippen molar-refractivity contribution in [2.75, 3.05) is 26.2 Å². The quantitative estimate of drug-likeness (QED) is 0.720. The van der Waals surface area contributed by atoms with Gasteiger partial charge in [0.25, 0.3) is 5.91 Å². The lowest BCUT2D eigenvalue weighted by molar-refractivity contribution is 0.0951. The molecular weight excluding hydrogens is 342 g/mol. The third-order valence-electron chi connectivity index (χ3n) is 5.07. The van der Waals surface area contributed by atoms with E-state index in [1.165, 1.54) is 32.4 Å². The Morgan fingerprint density at radius 2 is 1.93 bits per heavy atom. The number of piperidine rings is 1. The number of aryl methyl sites for hydroxylation is 2. The van der Waals surface area contributed by atoms with E-state index in [1.807, 2.05) is 26.0 Å². The Kier molecular flexibility index (Phi) is 6.87. The lowest BCUT2D eigenvalue weighted by Gasteiger charge is -2.26. The van der Waals surface area contributed by atoms with E-state index in [0.29, 0.717) is 18.7 Å². The number of nitrogens with one attached hydrogen (secondary N) is 1. The standard InChI is InChI=1S/C21H29N3O3/c1-16-20(17(2)27-23-16)15-26-19-9-7-18(8-10-19)21(25)22-11-6-14-24-12-4-3-5-13-24/h7-10H,3-6,11-15H2,1-2H3,(H,22,25). The fourth-order valence-corrected chi connectivity index (χ4v) is 3.36. The van der Waals surface area contributed by atoms with Crippen molar-refractivity contribution in [2.45, 2.75) is 46.1 Å². The lowest BCUT2D eigenvalue weighted by atomic mass is 10.1. The molecule has 1 aromatic heterocycles. The summed E-state index contributed by atoms with van der Waals surface area (Å²) in [6, 6.07) is 7.23. The smallest absolute Gasteiger partial charge is 0.251 e. The fraction of sp³-hybridized carbons (Fsp3) is 0.524. The second kappa shape index (κ2) is 9.55. The summed E-state index contributed by atoms with van der Waals surface area (Å²) in [5, 5.41) is 6.92. The highest BCUT2D eigenvalue weighted by atomic mass is 16.5. The number of hydrogen-bond donors (Lipinski definition) is 1. The number of likely N-dealkylation sites (tertiary alicyclic amines) is 1. The van der Waals surface area contributed by atoms with E-state index >= 15 is 0 Å². The Labute approximate surface area is 160 Å². The Bertz CT molecular complexity index is 714. The van der Waals surface area contributed by atoms with E-state index in [-0.39, 0.29) is 5.91 Å². The molecule has 6 heteroatoms. The molecule has 1 aliphatic heterocycles. The maximum Gasteiger partial charge on any atom is 0.251 e. The summed E-state index contributed by atoms with van der Waals surface area (Å²) in [5.41, 5.74) is 2.45. The molecule has 0 saturated carbocycles. The molecule has 3 rings (SSSR count). The van der Waals surface area contributed by atoms with Gasteiger partial charge in [0.2, 0.25) is 0 Å². The number of carbonyl (C=O) groups excluding carboxylic acids is 1.